The molecule has 2 atom stereocenters. The lowest BCUT2D eigenvalue weighted by atomic mass is 9.62. The molecular formula is C28H30F5N3O3. The lowest BCUT2D eigenvalue weighted by Gasteiger charge is -2.49. The number of piperidine rings is 2. The summed E-state index contributed by atoms with van der Waals surface area (Å²) in [6.45, 7) is 4.33. The van der Waals surface area contributed by atoms with Crippen molar-refractivity contribution in [1.29, 1.82) is 0 Å². The largest absolute Gasteiger partial charge is 0.416 e. The van der Waals surface area contributed by atoms with Crippen LogP contribution in [0, 0.1) is 23.0 Å². The van der Waals surface area contributed by atoms with Gasteiger partial charge in [0, 0.05) is 32.0 Å². The topological polar surface area (TPSA) is 78.5 Å². The molecule has 4 rings (SSSR count). The van der Waals surface area contributed by atoms with Crippen LogP contribution in [0.1, 0.15) is 60.5 Å². The molecule has 0 aromatic heterocycles. The van der Waals surface area contributed by atoms with Crippen molar-refractivity contribution in [2.75, 3.05) is 19.6 Å². The second kappa shape index (κ2) is 10.9. The molecule has 1 spiro atoms. The SMILES string of the molecule is CC(C)[C@H](NC(=O)c1cc(C(F)(F)F)ccc1F)C(=O)N1CCC2(CC1)CC(=O)NCC2c1ccc(F)cc1. The Bertz CT molecular complexity index is 1240. The first-order chi connectivity index (χ1) is 18.3. The number of alkyl halides is 3. The van der Waals surface area contributed by atoms with Gasteiger partial charge in [-0.1, -0.05) is 26.0 Å². The highest BCUT2D eigenvalue weighted by Crippen LogP contribution is 2.49. The van der Waals surface area contributed by atoms with E-state index in [1.807, 2.05) is 0 Å². The molecule has 2 fully saturated rings. The molecule has 39 heavy (non-hydrogen) atoms. The first kappa shape index (κ1) is 28.5. The Morgan fingerprint density at radius 3 is 2.28 bits per heavy atom. The van der Waals surface area contributed by atoms with Crippen LogP contribution in [0.25, 0.3) is 0 Å². The Morgan fingerprint density at radius 2 is 1.69 bits per heavy atom. The molecule has 0 saturated carbocycles. The Hall–Kier alpha value is -3.50. The van der Waals surface area contributed by atoms with E-state index in [9.17, 15) is 36.3 Å². The van der Waals surface area contributed by atoms with E-state index in [1.165, 1.54) is 12.1 Å². The second-order valence-corrected chi connectivity index (χ2v) is 10.7. The summed E-state index contributed by atoms with van der Waals surface area (Å²) in [7, 11) is 0. The molecule has 11 heteroatoms. The number of halogens is 5. The van der Waals surface area contributed by atoms with Crippen molar-refractivity contribution in [3.8, 4) is 0 Å². The molecule has 2 aliphatic heterocycles. The highest BCUT2D eigenvalue weighted by molar-refractivity contribution is 5.98. The number of benzene rings is 2. The molecule has 2 aliphatic rings. The third-order valence-corrected chi connectivity index (χ3v) is 7.86. The van der Waals surface area contributed by atoms with Gasteiger partial charge in [0.25, 0.3) is 5.91 Å². The zero-order chi connectivity index (χ0) is 28.5. The molecular weight excluding hydrogens is 521 g/mol. The smallest absolute Gasteiger partial charge is 0.355 e. The van der Waals surface area contributed by atoms with Crippen molar-refractivity contribution in [2.24, 2.45) is 11.3 Å². The molecule has 2 heterocycles. The van der Waals surface area contributed by atoms with Crippen molar-refractivity contribution in [3.05, 3.63) is 70.8 Å². The van der Waals surface area contributed by atoms with Crippen molar-refractivity contribution >= 4 is 17.7 Å². The minimum atomic E-state index is -4.76. The van der Waals surface area contributed by atoms with E-state index >= 15 is 0 Å². The third-order valence-electron chi connectivity index (χ3n) is 7.86. The monoisotopic (exact) mass is 551 g/mol. The first-order valence-electron chi connectivity index (χ1n) is 12.8. The summed E-state index contributed by atoms with van der Waals surface area (Å²) in [5, 5.41) is 5.31. The normalized spacial score (nSPS) is 20.1. The molecule has 0 aliphatic carbocycles. The Morgan fingerprint density at radius 1 is 1.05 bits per heavy atom. The summed E-state index contributed by atoms with van der Waals surface area (Å²) >= 11 is 0. The molecule has 0 bridgehead atoms. The van der Waals surface area contributed by atoms with Crippen LogP contribution >= 0.6 is 0 Å². The van der Waals surface area contributed by atoms with Crippen LogP contribution in [-0.2, 0) is 15.8 Å². The molecule has 0 radical (unpaired) electrons. The van der Waals surface area contributed by atoms with Gasteiger partial charge >= 0.3 is 6.18 Å². The standard InChI is InChI=1S/C28H30F5N3O3/c1-16(2)24(35-25(38)20-13-18(28(31,32)33)5-8-22(20)30)26(39)36-11-9-27(10-12-36)14-23(37)34-15-21(27)17-3-6-19(29)7-4-17/h3-8,13,16,21,24H,9-12,14-15H2,1-2H3,(H,34,37)(H,35,38)/t21?,24-/m0/s1. The van der Waals surface area contributed by atoms with Crippen molar-refractivity contribution in [2.45, 2.75) is 51.2 Å². The predicted molar refractivity (Wildman–Crippen MR) is 133 cm³/mol. The average Bonchev–Trinajstić information content (AvgIpc) is 2.87. The van der Waals surface area contributed by atoms with Gasteiger partial charge in [0.05, 0.1) is 11.1 Å². The van der Waals surface area contributed by atoms with Gasteiger partial charge in [-0.2, -0.15) is 13.2 Å². The molecule has 6 nitrogen and oxygen atoms in total. The molecule has 1 unspecified atom stereocenters. The van der Waals surface area contributed by atoms with Crippen molar-refractivity contribution < 1.29 is 36.3 Å². The van der Waals surface area contributed by atoms with Crippen LogP contribution in [0.15, 0.2) is 42.5 Å². The lowest BCUT2D eigenvalue weighted by molar-refractivity contribution is -0.139. The maximum Gasteiger partial charge on any atom is 0.416 e. The van der Waals surface area contributed by atoms with Crippen LogP contribution in [0.2, 0.25) is 0 Å². The van der Waals surface area contributed by atoms with Crippen LogP contribution < -0.4 is 10.6 Å². The van der Waals surface area contributed by atoms with Crippen LogP contribution in [0.3, 0.4) is 0 Å². The van der Waals surface area contributed by atoms with Crippen molar-refractivity contribution in [1.82, 2.24) is 15.5 Å². The minimum Gasteiger partial charge on any atom is -0.355 e. The van der Waals surface area contributed by atoms with E-state index in [-0.39, 0.29) is 24.1 Å². The second-order valence-electron chi connectivity index (χ2n) is 10.7. The number of rotatable bonds is 5. The number of hydrogen-bond acceptors (Lipinski definition) is 3. The number of nitrogens with zero attached hydrogens (tertiary/aromatic N) is 1. The molecule has 2 aromatic carbocycles. The fourth-order valence-electron chi connectivity index (χ4n) is 5.61. The summed E-state index contributed by atoms with van der Waals surface area (Å²) in [5.41, 5.74) is -1.51. The molecule has 2 N–H and O–H groups in total. The summed E-state index contributed by atoms with van der Waals surface area (Å²) < 4.78 is 67.1. The fourth-order valence-corrected chi connectivity index (χ4v) is 5.61. The Labute approximate surface area is 222 Å². The van der Waals surface area contributed by atoms with Crippen LogP contribution in [-0.4, -0.2) is 48.3 Å². The number of carbonyl (C=O) groups is 3. The number of hydrogen-bond donors (Lipinski definition) is 2. The van der Waals surface area contributed by atoms with E-state index in [0.717, 1.165) is 5.56 Å². The third kappa shape index (κ3) is 6.07. The van der Waals surface area contributed by atoms with E-state index in [1.54, 1.807) is 30.9 Å². The first-order valence-corrected chi connectivity index (χ1v) is 12.8. The molecule has 3 amide bonds. The quantitative estimate of drug-likeness (QED) is 0.532. The summed E-state index contributed by atoms with van der Waals surface area (Å²) in [4.78, 5) is 40.2. The van der Waals surface area contributed by atoms with E-state index < -0.39 is 52.3 Å². The van der Waals surface area contributed by atoms with Gasteiger partial charge in [-0.15, -0.1) is 0 Å². The Kier molecular flexibility index (Phi) is 7.99. The van der Waals surface area contributed by atoms with Gasteiger partial charge in [-0.25, -0.2) is 8.78 Å². The van der Waals surface area contributed by atoms with E-state index in [2.05, 4.69) is 10.6 Å². The highest BCUT2D eigenvalue weighted by atomic mass is 19.4. The molecule has 210 valence electrons. The number of carbonyl (C=O) groups excluding carboxylic acids is 3. The van der Waals surface area contributed by atoms with Gasteiger partial charge < -0.3 is 15.5 Å². The van der Waals surface area contributed by atoms with Gasteiger partial charge in [0.15, 0.2) is 0 Å². The maximum absolute atomic E-state index is 14.3. The van der Waals surface area contributed by atoms with Gasteiger partial charge in [-0.05, 0) is 60.1 Å². The predicted octanol–water partition coefficient (Wildman–Crippen LogP) is 4.65. The summed E-state index contributed by atoms with van der Waals surface area (Å²) in [6, 6.07) is 6.62. The number of likely N-dealkylation sites (tertiary alicyclic amines) is 1. The van der Waals surface area contributed by atoms with Gasteiger partial charge in [0.1, 0.15) is 17.7 Å². The molecule has 2 saturated heterocycles. The highest BCUT2D eigenvalue weighted by Gasteiger charge is 2.47. The van der Waals surface area contributed by atoms with Gasteiger partial charge in [0.2, 0.25) is 11.8 Å². The zero-order valence-corrected chi connectivity index (χ0v) is 21.6. The number of nitrogens with one attached hydrogen (secondary N) is 2. The van der Waals surface area contributed by atoms with Crippen molar-refractivity contribution in [3.63, 3.8) is 0 Å². The van der Waals surface area contributed by atoms with E-state index in [4.69, 9.17) is 0 Å². The molecule has 2 aromatic rings. The van der Waals surface area contributed by atoms with Crippen LogP contribution in [0.4, 0.5) is 22.0 Å². The fraction of sp³-hybridized carbons (Fsp3) is 0.464. The number of amides is 3. The minimum absolute atomic E-state index is 0.0717. The Balaban J connectivity index is 1.49. The van der Waals surface area contributed by atoms with E-state index in [0.29, 0.717) is 50.7 Å². The maximum atomic E-state index is 14.3. The average molecular weight is 552 g/mol. The zero-order valence-electron chi connectivity index (χ0n) is 21.6. The lowest BCUT2D eigenvalue weighted by Crippen LogP contribution is -2.57. The summed E-state index contributed by atoms with van der Waals surface area (Å²) in [6.07, 6.45) is -3.51. The van der Waals surface area contributed by atoms with Crippen LogP contribution in [0.5, 0.6) is 0 Å². The van der Waals surface area contributed by atoms with Gasteiger partial charge in [-0.3, -0.25) is 14.4 Å². The summed E-state index contributed by atoms with van der Waals surface area (Å²) in [5.74, 6) is -3.63.